The van der Waals surface area contributed by atoms with E-state index in [2.05, 4.69) is 4.74 Å². The molecule has 28 heavy (non-hydrogen) atoms. The van der Waals surface area contributed by atoms with Gasteiger partial charge in [0, 0.05) is 12.0 Å². The highest BCUT2D eigenvalue weighted by molar-refractivity contribution is 5.80. The Kier molecular flexibility index (Phi) is 8.19. The number of halogens is 5. The van der Waals surface area contributed by atoms with Gasteiger partial charge >= 0.3 is 18.2 Å². The fourth-order valence-corrected chi connectivity index (χ4v) is 2.86. The molecule has 158 valence electrons. The predicted molar refractivity (Wildman–Crippen MR) is 89.7 cm³/mol. The molecule has 0 saturated carbocycles. The molecule has 0 radical (unpaired) electrons. The highest BCUT2D eigenvalue weighted by Crippen LogP contribution is 2.41. The minimum absolute atomic E-state index is 0.0651. The van der Waals surface area contributed by atoms with Crippen LogP contribution in [-0.4, -0.2) is 35.0 Å². The quantitative estimate of drug-likeness (QED) is 0.583. The van der Waals surface area contributed by atoms with Crippen LogP contribution in [0.4, 0.5) is 26.7 Å². The first-order valence-electron chi connectivity index (χ1n) is 8.69. The molecule has 1 amide bonds. The van der Waals surface area contributed by atoms with E-state index in [0.29, 0.717) is 0 Å². The molecule has 2 N–H and O–H groups in total. The van der Waals surface area contributed by atoms with Gasteiger partial charge < -0.3 is 15.2 Å². The van der Waals surface area contributed by atoms with Crippen LogP contribution in [0.15, 0.2) is 18.2 Å². The Morgan fingerprint density at radius 3 is 2.00 bits per heavy atom. The van der Waals surface area contributed by atoms with Crippen molar-refractivity contribution in [3.05, 3.63) is 35.4 Å². The molecule has 0 unspecified atom stereocenters. The van der Waals surface area contributed by atoms with Gasteiger partial charge in [0.25, 0.3) is 0 Å². The first kappa shape index (κ1) is 23.6. The van der Waals surface area contributed by atoms with Crippen molar-refractivity contribution in [1.29, 1.82) is 0 Å². The number of amides is 1. The average molecular weight is 411 g/mol. The van der Waals surface area contributed by atoms with E-state index in [1.165, 1.54) is 13.8 Å². The number of nitrogens with one attached hydrogen (secondary N) is 1. The highest BCUT2D eigenvalue weighted by atomic mass is 19.4. The second-order valence-electron chi connectivity index (χ2n) is 6.32. The molecule has 0 bridgehead atoms. The van der Waals surface area contributed by atoms with Gasteiger partial charge in [0.05, 0.1) is 0 Å². The number of aliphatic carboxylic acids is 1. The lowest BCUT2D eigenvalue weighted by Crippen LogP contribution is -2.53. The van der Waals surface area contributed by atoms with Crippen molar-refractivity contribution >= 4 is 12.1 Å². The first-order chi connectivity index (χ1) is 13.0. The minimum Gasteiger partial charge on any atom is -0.480 e. The number of alkyl carbamates (subject to hydrolysis) is 1. The molecule has 0 fully saturated rings. The summed E-state index contributed by atoms with van der Waals surface area (Å²) >= 11 is 0. The number of ether oxygens (including phenoxy) is 1. The monoisotopic (exact) mass is 411 g/mol. The van der Waals surface area contributed by atoms with Gasteiger partial charge in [-0.15, -0.1) is 0 Å². The summed E-state index contributed by atoms with van der Waals surface area (Å²) in [5.74, 6) is -3.76. The largest absolute Gasteiger partial charge is 0.480 e. The van der Waals surface area contributed by atoms with Crippen molar-refractivity contribution in [3.8, 4) is 0 Å². The van der Waals surface area contributed by atoms with Crippen LogP contribution in [0.3, 0.4) is 0 Å². The summed E-state index contributed by atoms with van der Waals surface area (Å²) in [6.45, 7) is 2.97. The lowest BCUT2D eigenvalue weighted by atomic mass is 9.91. The maximum absolute atomic E-state index is 13.7. The Bertz CT molecular complexity index is 667. The number of carbonyl (C=O) groups is 2. The van der Waals surface area contributed by atoms with Crippen LogP contribution in [0.1, 0.15) is 45.1 Å². The third-order valence-electron chi connectivity index (χ3n) is 4.17. The van der Waals surface area contributed by atoms with Crippen molar-refractivity contribution < 1.29 is 41.4 Å². The lowest BCUT2D eigenvalue weighted by molar-refractivity contribution is -0.263. The fourth-order valence-electron chi connectivity index (χ4n) is 2.86. The van der Waals surface area contributed by atoms with E-state index in [1.807, 2.05) is 0 Å². The number of carboxylic acid groups (broad SMARTS) is 1. The first-order valence-corrected chi connectivity index (χ1v) is 8.69. The van der Waals surface area contributed by atoms with Gasteiger partial charge in [0.1, 0.15) is 17.7 Å². The number of carbonyl (C=O) groups excluding carboxylic acids is 1. The summed E-state index contributed by atoms with van der Waals surface area (Å²) < 4.78 is 72.7. The van der Waals surface area contributed by atoms with E-state index in [0.717, 1.165) is 18.2 Å². The fraction of sp³-hybridized carbons (Fsp3) is 0.556. The van der Waals surface area contributed by atoms with Gasteiger partial charge in [0.15, 0.2) is 0 Å². The third-order valence-corrected chi connectivity index (χ3v) is 4.17. The molecule has 1 rings (SSSR count). The van der Waals surface area contributed by atoms with Gasteiger partial charge in [0.2, 0.25) is 5.60 Å². The molecule has 0 saturated heterocycles. The van der Waals surface area contributed by atoms with Crippen molar-refractivity contribution in [1.82, 2.24) is 5.32 Å². The highest BCUT2D eigenvalue weighted by Gasteiger charge is 2.57. The van der Waals surface area contributed by atoms with Crippen LogP contribution in [0.25, 0.3) is 0 Å². The topological polar surface area (TPSA) is 75.6 Å². The molecule has 5 nitrogen and oxygen atoms in total. The van der Waals surface area contributed by atoms with Gasteiger partial charge in [-0.2, -0.15) is 13.2 Å². The number of hydrogen-bond acceptors (Lipinski definition) is 3. The molecular weight excluding hydrogens is 389 g/mol. The molecule has 0 aromatic heterocycles. The molecule has 0 aliphatic rings. The summed E-state index contributed by atoms with van der Waals surface area (Å²) in [6.07, 6.45) is -8.17. The van der Waals surface area contributed by atoms with Crippen LogP contribution in [-0.2, 0) is 16.0 Å². The number of rotatable bonds is 9. The smallest absolute Gasteiger partial charge is 0.428 e. The van der Waals surface area contributed by atoms with E-state index in [4.69, 9.17) is 0 Å². The molecule has 0 heterocycles. The van der Waals surface area contributed by atoms with Gasteiger partial charge in [-0.25, -0.2) is 18.4 Å². The summed E-state index contributed by atoms with van der Waals surface area (Å²) in [5.41, 5.74) is -3.38. The predicted octanol–water partition coefficient (Wildman–Crippen LogP) is 4.59. The van der Waals surface area contributed by atoms with Crippen LogP contribution in [0.5, 0.6) is 0 Å². The molecule has 1 atom stereocenters. The summed E-state index contributed by atoms with van der Waals surface area (Å²) in [7, 11) is 0. The zero-order chi connectivity index (χ0) is 21.5. The summed E-state index contributed by atoms with van der Waals surface area (Å²) in [4.78, 5) is 23.4. The SMILES string of the molecule is CCCC(CCC)(OC(=O)N[C@@H](Cc1c(F)cccc1F)C(=O)O)C(F)(F)F. The van der Waals surface area contributed by atoms with Crippen LogP contribution in [0, 0.1) is 11.6 Å². The van der Waals surface area contributed by atoms with Crippen LogP contribution >= 0.6 is 0 Å². The lowest BCUT2D eigenvalue weighted by Gasteiger charge is -2.35. The van der Waals surface area contributed by atoms with E-state index >= 15 is 0 Å². The molecule has 1 aromatic rings. The molecule has 10 heteroatoms. The Hall–Kier alpha value is -2.39. The molecule has 1 aromatic carbocycles. The maximum atomic E-state index is 13.7. The molecular formula is C18H22F5NO4. The number of carboxylic acids is 1. The molecule has 0 aliphatic heterocycles. The number of alkyl halides is 3. The zero-order valence-electron chi connectivity index (χ0n) is 15.4. The Balaban J connectivity index is 3.03. The maximum Gasteiger partial charge on any atom is 0.428 e. The van der Waals surface area contributed by atoms with Crippen LogP contribution in [0.2, 0.25) is 0 Å². The number of benzene rings is 1. The van der Waals surface area contributed by atoms with Crippen molar-refractivity contribution in [2.75, 3.05) is 0 Å². The van der Waals surface area contributed by atoms with Crippen molar-refractivity contribution in [3.63, 3.8) is 0 Å². The van der Waals surface area contributed by atoms with E-state index in [-0.39, 0.29) is 12.8 Å². The van der Waals surface area contributed by atoms with Gasteiger partial charge in [-0.3, -0.25) is 0 Å². The average Bonchev–Trinajstić information content (AvgIpc) is 2.56. The Morgan fingerprint density at radius 2 is 1.61 bits per heavy atom. The van der Waals surface area contributed by atoms with Gasteiger partial charge in [-0.05, 0) is 25.0 Å². The van der Waals surface area contributed by atoms with Crippen molar-refractivity contribution in [2.45, 2.75) is 63.8 Å². The summed E-state index contributed by atoms with van der Waals surface area (Å²) in [6, 6.07) is 0.978. The summed E-state index contributed by atoms with van der Waals surface area (Å²) in [5, 5.41) is 11.0. The van der Waals surface area contributed by atoms with E-state index in [1.54, 1.807) is 5.32 Å². The second kappa shape index (κ2) is 9.70. The third kappa shape index (κ3) is 5.80. The standard InChI is InChI=1S/C18H22F5NO4/c1-3-8-17(9-4-2,18(21,22)23)28-16(27)24-14(15(25)26)10-11-12(19)6-5-7-13(11)20/h5-7,14H,3-4,8-10H2,1-2H3,(H,24,27)(H,25,26)/t14-/m0/s1. The number of hydrogen-bond donors (Lipinski definition) is 2. The molecule has 0 aliphatic carbocycles. The molecule has 0 spiro atoms. The zero-order valence-corrected chi connectivity index (χ0v) is 15.4. The van der Waals surface area contributed by atoms with Crippen LogP contribution < -0.4 is 5.32 Å². The minimum atomic E-state index is -4.87. The Labute approximate surface area is 158 Å². The second-order valence-corrected chi connectivity index (χ2v) is 6.32. The van der Waals surface area contributed by atoms with Crippen molar-refractivity contribution in [2.24, 2.45) is 0 Å². The normalized spacial score (nSPS) is 13.1. The van der Waals surface area contributed by atoms with E-state index < -0.39 is 66.3 Å². The Morgan fingerprint density at radius 1 is 1.11 bits per heavy atom. The van der Waals surface area contributed by atoms with E-state index in [9.17, 15) is 36.6 Å². The van der Waals surface area contributed by atoms with Gasteiger partial charge in [-0.1, -0.05) is 32.8 Å².